The van der Waals surface area contributed by atoms with Crippen molar-refractivity contribution in [2.24, 2.45) is 5.73 Å². The van der Waals surface area contributed by atoms with Gasteiger partial charge in [-0.05, 0) is 42.0 Å². The maximum absolute atomic E-state index is 12.8. The highest BCUT2D eigenvalue weighted by atomic mass is 79.9. The van der Waals surface area contributed by atoms with E-state index in [1.807, 2.05) is 0 Å². The molecule has 0 unspecified atom stereocenters. The summed E-state index contributed by atoms with van der Waals surface area (Å²) in [5, 5.41) is 2.49. The molecule has 29 heavy (non-hydrogen) atoms. The van der Waals surface area contributed by atoms with Crippen molar-refractivity contribution >= 4 is 37.9 Å². The van der Waals surface area contributed by atoms with Crippen molar-refractivity contribution in [3.05, 3.63) is 64.1 Å². The van der Waals surface area contributed by atoms with E-state index in [1.165, 1.54) is 4.31 Å². The number of carbonyl (C=O) groups excluding carboxylic acids is 2. The number of nitrogens with one attached hydrogen (secondary N) is 1. The fourth-order valence-corrected chi connectivity index (χ4v) is 4.71. The van der Waals surface area contributed by atoms with Gasteiger partial charge in [0.1, 0.15) is 0 Å². The van der Waals surface area contributed by atoms with Gasteiger partial charge < -0.3 is 16.0 Å². The van der Waals surface area contributed by atoms with Crippen molar-refractivity contribution in [1.82, 2.24) is 14.5 Å². The lowest BCUT2D eigenvalue weighted by Crippen LogP contribution is -2.50. The molecule has 1 heterocycles. The fourth-order valence-electron chi connectivity index (χ4n) is 3.02. The summed E-state index contributed by atoms with van der Waals surface area (Å²) in [7, 11) is -3.58. The van der Waals surface area contributed by atoms with Gasteiger partial charge in [0.2, 0.25) is 10.0 Å². The van der Waals surface area contributed by atoms with Gasteiger partial charge in [-0.1, -0.05) is 28.1 Å². The van der Waals surface area contributed by atoms with E-state index in [2.05, 4.69) is 21.2 Å². The Morgan fingerprint density at radius 2 is 1.55 bits per heavy atom. The highest BCUT2D eigenvalue weighted by Crippen LogP contribution is 2.20. The van der Waals surface area contributed by atoms with Gasteiger partial charge in [0.25, 0.3) is 5.91 Å². The molecule has 8 nitrogen and oxygen atoms in total. The van der Waals surface area contributed by atoms with Crippen LogP contribution in [0.4, 0.5) is 4.79 Å². The SMILES string of the molecule is NC(=O)NCc1ccc(C(=O)N2CCN(S(=O)(=O)c3ccc(Br)cc3)CC2)cc1. The van der Waals surface area contributed by atoms with Gasteiger partial charge >= 0.3 is 6.03 Å². The molecule has 0 aliphatic carbocycles. The van der Waals surface area contributed by atoms with Crippen LogP contribution < -0.4 is 11.1 Å². The molecule has 10 heteroatoms. The fraction of sp³-hybridized carbons (Fsp3) is 0.263. The van der Waals surface area contributed by atoms with Crippen LogP contribution in [0.5, 0.6) is 0 Å². The Bertz CT molecular complexity index is 986. The third-order valence-corrected chi connectivity index (χ3v) is 7.09. The van der Waals surface area contributed by atoms with Crippen LogP contribution in [-0.2, 0) is 16.6 Å². The number of halogens is 1. The Balaban J connectivity index is 1.60. The van der Waals surface area contributed by atoms with Gasteiger partial charge in [0, 0.05) is 42.8 Å². The van der Waals surface area contributed by atoms with Gasteiger partial charge in [0.05, 0.1) is 4.90 Å². The molecule has 3 amide bonds. The van der Waals surface area contributed by atoms with Crippen LogP contribution >= 0.6 is 15.9 Å². The van der Waals surface area contributed by atoms with Crippen molar-refractivity contribution in [3.63, 3.8) is 0 Å². The number of urea groups is 1. The average Bonchev–Trinajstić information content (AvgIpc) is 2.72. The first-order valence-corrected chi connectivity index (χ1v) is 11.2. The molecule has 2 aromatic rings. The van der Waals surface area contributed by atoms with Crippen LogP contribution in [0.1, 0.15) is 15.9 Å². The average molecular weight is 481 g/mol. The molecule has 154 valence electrons. The number of sulfonamides is 1. The summed E-state index contributed by atoms with van der Waals surface area (Å²) >= 11 is 3.30. The largest absolute Gasteiger partial charge is 0.352 e. The molecule has 1 aliphatic heterocycles. The van der Waals surface area contributed by atoms with Crippen molar-refractivity contribution < 1.29 is 18.0 Å². The summed E-state index contributed by atoms with van der Waals surface area (Å²) in [5.74, 6) is -0.153. The molecule has 0 aromatic heterocycles. The van der Waals surface area contributed by atoms with E-state index >= 15 is 0 Å². The zero-order chi connectivity index (χ0) is 21.0. The lowest BCUT2D eigenvalue weighted by Gasteiger charge is -2.34. The molecule has 0 saturated carbocycles. The predicted molar refractivity (Wildman–Crippen MR) is 112 cm³/mol. The highest BCUT2D eigenvalue weighted by Gasteiger charge is 2.30. The first-order valence-electron chi connectivity index (χ1n) is 8.94. The summed E-state index contributed by atoms with van der Waals surface area (Å²) in [6.07, 6.45) is 0. The first kappa shape index (κ1) is 21.3. The van der Waals surface area contributed by atoms with Crippen LogP contribution in [0.15, 0.2) is 57.9 Å². The standard InChI is InChI=1S/C19H21BrN4O4S/c20-16-5-7-17(8-6-16)29(27,28)24-11-9-23(10-12-24)18(25)15-3-1-14(2-4-15)13-22-19(21)26/h1-8H,9-13H2,(H3,21,22,26). The van der Waals surface area contributed by atoms with Gasteiger partial charge in [0.15, 0.2) is 0 Å². The van der Waals surface area contributed by atoms with Gasteiger partial charge in [-0.25, -0.2) is 13.2 Å². The number of piperazine rings is 1. The van der Waals surface area contributed by atoms with E-state index in [-0.39, 0.29) is 30.4 Å². The Morgan fingerprint density at radius 3 is 2.10 bits per heavy atom. The molecule has 1 aliphatic rings. The summed E-state index contributed by atoms with van der Waals surface area (Å²) in [6, 6.07) is 12.8. The van der Waals surface area contributed by atoms with E-state index in [0.717, 1.165) is 10.0 Å². The lowest BCUT2D eigenvalue weighted by molar-refractivity contribution is 0.0698. The van der Waals surface area contributed by atoms with Crippen LogP contribution in [0.25, 0.3) is 0 Å². The molecular formula is C19H21BrN4O4S. The van der Waals surface area contributed by atoms with Crippen LogP contribution in [0.3, 0.4) is 0 Å². The zero-order valence-corrected chi connectivity index (χ0v) is 17.9. The molecular weight excluding hydrogens is 460 g/mol. The molecule has 3 N–H and O–H groups in total. The van der Waals surface area contributed by atoms with E-state index in [0.29, 0.717) is 18.7 Å². The molecule has 3 rings (SSSR count). The molecule has 0 spiro atoms. The van der Waals surface area contributed by atoms with Crippen LogP contribution in [0, 0.1) is 0 Å². The second-order valence-corrected chi connectivity index (χ2v) is 9.42. The van der Waals surface area contributed by atoms with E-state index in [1.54, 1.807) is 53.4 Å². The molecule has 1 saturated heterocycles. The number of hydrogen-bond donors (Lipinski definition) is 2. The van der Waals surface area contributed by atoms with E-state index < -0.39 is 16.1 Å². The summed E-state index contributed by atoms with van der Waals surface area (Å²) in [6.45, 7) is 1.41. The second kappa shape index (κ2) is 8.93. The Hall–Kier alpha value is -2.43. The Morgan fingerprint density at radius 1 is 0.966 bits per heavy atom. The monoisotopic (exact) mass is 480 g/mol. The summed E-state index contributed by atoms with van der Waals surface area (Å²) < 4.78 is 27.7. The van der Waals surface area contributed by atoms with Crippen LogP contribution in [0.2, 0.25) is 0 Å². The maximum atomic E-state index is 12.8. The van der Waals surface area contributed by atoms with Gasteiger partial charge in [-0.2, -0.15) is 4.31 Å². The second-order valence-electron chi connectivity index (χ2n) is 6.56. The number of hydrogen-bond acceptors (Lipinski definition) is 4. The number of amides is 3. The normalized spacial score (nSPS) is 15.1. The minimum Gasteiger partial charge on any atom is -0.352 e. The van der Waals surface area contributed by atoms with E-state index in [4.69, 9.17) is 5.73 Å². The number of carbonyl (C=O) groups is 2. The molecule has 0 atom stereocenters. The van der Waals surface area contributed by atoms with Gasteiger partial charge in [-0.15, -0.1) is 0 Å². The predicted octanol–water partition coefficient (Wildman–Crippen LogP) is 1.76. The number of benzene rings is 2. The number of primary amides is 1. The minimum atomic E-state index is -3.58. The molecule has 1 fully saturated rings. The van der Waals surface area contributed by atoms with Crippen molar-refractivity contribution in [2.75, 3.05) is 26.2 Å². The maximum Gasteiger partial charge on any atom is 0.312 e. The summed E-state index contributed by atoms with van der Waals surface area (Å²) in [4.78, 5) is 25.3. The van der Waals surface area contributed by atoms with Crippen LogP contribution in [-0.4, -0.2) is 55.7 Å². The number of nitrogens with zero attached hydrogens (tertiary/aromatic N) is 2. The highest BCUT2D eigenvalue weighted by molar-refractivity contribution is 9.10. The van der Waals surface area contributed by atoms with E-state index in [9.17, 15) is 18.0 Å². The van der Waals surface area contributed by atoms with Crippen molar-refractivity contribution in [3.8, 4) is 0 Å². The zero-order valence-electron chi connectivity index (χ0n) is 15.5. The van der Waals surface area contributed by atoms with Crippen molar-refractivity contribution in [2.45, 2.75) is 11.4 Å². The summed E-state index contributed by atoms with van der Waals surface area (Å²) in [5.41, 5.74) is 6.38. The Labute approximate surface area is 177 Å². The molecule has 0 bridgehead atoms. The third kappa shape index (κ3) is 5.14. The Kier molecular flexibility index (Phi) is 6.56. The number of rotatable bonds is 5. The smallest absolute Gasteiger partial charge is 0.312 e. The van der Waals surface area contributed by atoms with Crippen molar-refractivity contribution in [1.29, 1.82) is 0 Å². The van der Waals surface area contributed by atoms with Gasteiger partial charge in [-0.3, -0.25) is 4.79 Å². The minimum absolute atomic E-state index is 0.153. The first-order chi connectivity index (χ1) is 13.8. The quantitative estimate of drug-likeness (QED) is 0.678. The molecule has 0 radical (unpaired) electrons. The lowest BCUT2D eigenvalue weighted by atomic mass is 10.1. The molecule has 2 aromatic carbocycles. The third-order valence-electron chi connectivity index (χ3n) is 4.64. The number of nitrogens with two attached hydrogens (primary N) is 1. The topological polar surface area (TPSA) is 113 Å².